The van der Waals surface area contributed by atoms with Gasteiger partial charge in [0.1, 0.15) is 6.67 Å². The Kier molecular flexibility index (Phi) is 5.60. The third-order valence-corrected chi connectivity index (χ3v) is 7.40. The average molecular weight is 435 g/mol. The highest BCUT2D eigenvalue weighted by molar-refractivity contribution is 7.91. The van der Waals surface area contributed by atoms with Gasteiger partial charge < -0.3 is 15.5 Å². The third-order valence-electron chi connectivity index (χ3n) is 6.09. The zero-order valence-electron chi connectivity index (χ0n) is 17.5. The fourth-order valence-corrected chi connectivity index (χ4v) is 5.37. The van der Waals surface area contributed by atoms with Gasteiger partial charge in [-0.3, -0.25) is 9.67 Å². The van der Waals surface area contributed by atoms with Crippen molar-refractivity contribution >= 4 is 15.6 Å². The zero-order chi connectivity index (χ0) is 21.5. The molecule has 30 heavy (non-hydrogen) atoms. The van der Waals surface area contributed by atoms with Crippen LogP contribution in [0.3, 0.4) is 0 Å². The SMILES string of the molecule is CC1(C)CCc2c1nc1c(c2NCN=S(N)(=O)c2cc(CO)n(CCO)n2)CCC1. The standard InChI is InChI=1S/C20H30N6O3S/c1-20(2)7-6-15-18(14-4-3-5-16(14)24-19(15)20)22-12-23-30(21,29)17-10-13(11-28)26(25-17)8-9-27/h10,27-28H,3-9,11-12H2,1-2H3,(H,22,24)(H2,21,23,29). The summed E-state index contributed by atoms with van der Waals surface area (Å²) in [6.07, 6.45) is 5.10. The number of aryl methyl sites for hydroxylation is 1. The van der Waals surface area contributed by atoms with E-state index in [1.165, 1.54) is 21.9 Å². The van der Waals surface area contributed by atoms with Gasteiger partial charge in [0.2, 0.25) is 0 Å². The Bertz CT molecular complexity index is 1080. The van der Waals surface area contributed by atoms with E-state index in [4.69, 9.17) is 15.2 Å². The van der Waals surface area contributed by atoms with Crippen molar-refractivity contribution in [3.05, 3.63) is 34.3 Å². The molecule has 0 saturated carbocycles. The number of aliphatic hydroxyl groups excluding tert-OH is 2. The third kappa shape index (κ3) is 3.73. The minimum Gasteiger partial charge on any atom is -0.394 e. The highest BCUT2D eigenvalue weighted by Crippen LogP contribution is 2.44. The van der Waals surface area contributed by atoms with Crippen LogP contribution in [0.4, 0.5) is 5.69 Å². The Morgan fingerprint density at radius 3 is 2.83 bits per heavy atom. The number of aromatic nitrogens is 3. The first-order valence-corrected chi connectivity index (χ1v) is 11.9. The molecule has 2 aliphatic rings. The number of anilines is 1. The molecule has 0 spiro atoms. The number of pyridine rings is 1. The van der Waals surface area contributed by atoms with Crippen molar-refractivity contribution in [2.45, 2.75) is 69.5 Å². The highest BCUT2D eigenvalue weighted by atomic mass is 32.2. The Balaban J connectivity index is 1.62. The molecule has 1 unspecified atom stereocenters. The van der Waals surface area contributed by atoms with Crippen LogP contribution in [0.5, 0.6) is 0 Å². The van der Waals surface area contributed by atoms with Crippen LogP contribution in [0, 0.1) is 0 Å². The number of nitrogens with one attached hydrogen (secondary N) is 1. The monoisotopic (exact) mass is 434 g/mol. The zero-order valence-corrected chi connectivity index (χ0v) is 18.3. The molecule has 164 valence electrons. The second-order valence-electron chi connectivity index (χ2n) is 8.59. The van der Waals surface area contributed by atoms with Crippen molar-refractivity contribution in [1.82, 2.24) is 14.8 Å². The summed E-state index contributed by atoms with van der Waals surface area (Å²) in [6, 6.07) is 1.48. The van der Waals surface area contributed by atoms with E-state index in [0.29, 0.717) is 5.69 Å². The molecule has 0 radical (unpaired) electrons. The van der Waals surface area contributed by atoms with Crippen LogP contribution in [-0.4, -0.2) is 42.5 Å². The van der Waals surface area contributed by atoms with Crippen LogP contribution in [-0.2, 0) is 47.7 Å². The molecular formula is C20H30N6O3S. The van der Waals surface area contributed by atoms with Crippen LogP contribution < -0.4 is 10.5 Å². The molecule has 5 N–H and O–H groups in total. The van der Waals surface area contributed by atoms with E-state index in [1.807, 2.05) is 0 Å². The lowest BCUT2D eigenvalue weighted by Crippen LogP contribution is -2.18. The van der Waals surface area contributed by atoms with Crippen LogP contribution in [0.25, 0.3) is 0 Å². The number of rotatable bonds is 7. The summed E-state index contributed by atoms with van der Waals surface area (Å²) in [5.74, 6) is 0. The van der Waals surface area contributed by atoms with Crippen LogP contribution in [0.2, 0.25) is 0 Å². The molecule has 2 aromatic heterocycles. The largest absolute Gasteiger partial charge is 0.394 e. The van der Waals surface area contributed by atoms with Gasteiger partial charge in [0, 0.05) is 22.9 Å². The Morgan fingerprint density at radius 1 is 1.30 bits per heavy atom. The molecule has 9 nitrogen and oxygen atoms in total. The van der Waals surface area contributed by atoms with E-state index in [2.05, 4.69) is 28.6 Å². The fraction of sp³-hybridized carbons (Fsp3) is 0.600. The lowest BCUT2D eigenvalue weighted by molar-refractivity contribution is 0.243. The van der Waals surface area contributed by atoms with Crippen molar-refractivity contribution in [2.24, 2.45) is 9.50 Å². The summed E-state index contributed by atoms with van der Waals surface area (Å²) in [7, 11) is -3.24. The van der Waals surface area contributed by atoms with Crippen molar-refractivity contribution < 1.29 is 14.4 Å². The molecule has 4 rings (SSSR count). The van der Waals surface area contributed by atoms with Gasteiger partial charge in [-0.15, -0.1) is 0 Å². The van der Waals surface area contributed by atoms with E-state index in [1.54, 1.807) is 0 Å². The van der Waals surface area contributed by atoms with Gasteiger partial charge in [-0.1, -0.05) is 13.8 Å². The van der Waals surface area contributed by atoms with Crippen molar-refractivity contribution in [2.75, 3.05) is 18.6 Å². The molecule has 0 fully saturated rings. The van der Waals surface area contributed by atoms with Gasteiger partial charge in [0.15, 0.2) is 14.9 Å². The van der Waals surface area contributed by atoms with Crippen molar-refractivity contribution in [1.29, 1.82) is 0 Å². The first-order valence-electron chi connectivity index (χ1n) is 10.3. The molecule has 2 aliphatic carbocycles. The minimum absolute atomic E-state index is 0.0577. The quantitative estimate of drug-likeness (QED) is 0.517. The Morgan fingerprint density at radius 2 is 2.10 bits per heavy atom. The van der Waals surface area contributed by atoms with E-state index in [9.17, 15) is 9.32 Å². The summed E-state index contributed by atoms with van der Waals surface area (Å²) in [5.41, 5.74) is 6.40. The molecule has 0 amide bonds. The minimum atomic E-state index is -3.24. The molecule has 10 heteroatoms. The smallest absolute Gasteiger partial charge is 0.172 e. The van der Waals surface area contributed by atoms with Gasteiger partial charge in [-0.05, 0) is 43.2 Å². The molecular weight excluding hydrogens is 404 g/mol. The predicted molar refractivity (Wildman–Crippen MR) is 114 cm³/mol. The number of nitrogens with two attached hydrogens (primary N) is 1. The Labute approximate surface area is 177 Å². The number of hydrogen-bond acceptors (Lipinski definition) is 7. The molecule has 0 bridgehead atoms. The van der Waals surface area contributed by atoms with Gasteiger partial charge in [-0.2, -0.15) is 9.46 Å². The maximum atomic E-state index is 13.0. The Hall–Kier alpha value is -2.01. The van der Waals surface area contributed by atoms with Crippen molar-refractivity contribution in [3.8, 4) is 0 Å². The summed E-state index contributed by atoms with van der Waals surface area (Å²) in [5, 5.41) is 32.2. The molecule has 2 aromatic rings. The van der Waals surface area contributed by atoms with Gasteiger partial charge >= 0.3 is 0 Å². The second-order valence-corrected chi connectivity index (χ2v) is 10.4. The lowest BCUT2D eigenvalue weighted by Gasteiger charge is -2.21. The topological polar surface area (TPSA) is 139 Å². The molecule has 0 aliphatic heterocycles. The normalized spacial score (nSPS) is 18.7. The average Bonchev–Trinajstić information content (AvgIpc) is 3.40. The highest BCUT2D eigenvalue weighted by Gasteiger charge is 2.36. The second kappa shape index (κ2) is 7.92. The van der Waals surface area contributed by atoms with Gasteiger partial charge in [0.05, 0.1) is 31.1 Å². The molecule has 1 atom stereocenters. The van der Waals surface area contributed by atoms with Crippen molar-refractivity contribution in [3.63, 3.8) is 0 Å². The van der Waals surface area contributed by atoms with E-state index in [-0.39, 0.29) is 36.9 Å². The number of aliphatic hydroxyl groups is 2. The van der Waals surface area contributed by atoms with E-state index >= 15 is 0 Å². The summed E-state index contributed by atoms with van der Waals surface area (Å²) in [6.45, 7) is 4.32. The van der Waals surface area contributed by atoms with Crippen LogP contribution in [0.1, 0.15) is 54.9 Å². The molecule has 0 saturated heterocycles. The maximum Gasteiger partial charge on any atom is 0.172 e. The summed E-state index contributed by atoms with van der Waals surface area (Å²) >= 11 is 0. The van der Waals surface area contributed by atoms with Crippen LogP contribution in [0.15, 0.2) is 15.5 Å². The summed E-state index contributed by atoms with van der Waals surface area (Å²) in [4.78, 5) is 4.98. The number of hydrogen-bond donors (Lipinski definition) is 4. The molecule has 0 aromatic carbocycles. The molecule has 2 heterocycles. The number of nitrogens with zero attached hydrogens (tertiary/aromatic N) is 4. The first-order chi connectivity index (χ1) is 14.3. The first kappa shape index (κ1) is 21.2. The predicted octanol–water partition coefficient (Wildman–Crippen LogP) is 1.25. The maximum absolute atomic E-state index is 13.0. The number of fused-ring (bicyclic) bond motifs is 2. The van der Waals surface area contributed by atoms with Gasteiger partial charge in [-0.25, -0.2) is 9.35 Å². The van der Waals surface area contributed by atoms with E-state index in [0.717, 1.165) is 49.2 Å². The summed E-state index contributed by atoms with van der Waals surface area (Å²) < 4.78 is 18.6. The fourth-order valence-electron chi connectivity index (χ4n) is 4.46. The lowest BCUT2D eigenvalue weighted by atomic mass is 9.90. The van der Waals surface area contributed by atoms with E-state index < -0.39 is 9.92 Å². The van der Waals surface area contributed by atoms with Gasteiger partial charge in [0.25, 0.3) is 0 Å². The van der Waals surface area contributed by atoms with Crippen LogP contribution >= 0.6 is 0 Å².